The minimum absolute atomic E-state index is 0.344. The average Bonchev–Trinajstić information content (AvgIpc) is 2.47. The SMILES string of the molecule is CCOC(=O)c1cccnc1/C=C/c1ccccc1. The predicted octanol–water partition coefficient (Wildman–Crippen LogP) is 3.43. The zero-order chi connectivity index (χ0) is 13.5. The Morgan fingerprint density at radius 1 is 1.16 bits per heavy atom. The predicted molar refractivity (Wildman–Crippen MR) is 75.6 cm³/mol. The van der Waals surface area contributed by atoms with Crippen LogP contribution in [0.15, 0.2) is 48.7 Å². The zero-order valence-corrected chi connectivity index (χ0v) is 10.7. The van der Waals surface area contributed by atoms with Crippen molar-refractivity contribution in [2.24, 2.45) is 0 Å². The lowest BCUT2D eigenvalue weighted by atomic mass is 10.1. The third-order valence-electron chi connectivity index (χ3n) is 2.57. The summed E-state index contributed by atoms with van der Waals surface area (Å²) in [7, 11) is 0. The molecule has 0 saturated carbocycles. The molecule has 0 amide bonds. The molecule has 0 bridgehead atoms. The van der Waals surface area contributed by atoms with Crippen LogP contribution in [-0.2, 0) is 4.74 Å². The lowest BCUT2D eigenvalue weighted by Gasteiger charge is -2.04. The van der Waals surface area contributed by atoms with E-state index in [9.17, 15) is 4.79 Å². The highest BCUT2D eigenvalue weighted by Crippen LogP contribution is 2.12. The molecule has 0 aliphatic heterocycles. The van der Waals surface area contributed by atoms with Crippen molar-refractivity contribution in [2.45, 2.75) is 6.92 Å². The number of hydrogen-bond acceptors (Lipinski definition) is 3. The molecule has 2 aromatic rings. The fourth-order valence-corrected chi connectivity index (χ4v) is 1.67. The highest BCUT2D eigenvalue weighted by atomic mass is 16.5. The summed E-state index contributed by atoms with van der Waals surface area (Å²) in [4.78, 5) is 16.0. The quantitative estimate of drug-likeness (QED) is 0.784. The summed E-state index contributed by atoms with van der Waals surface area (Å²) >= 11 is 0. The molecule has 0 spiro atoms. The van der Waals surface area contributed by atoms with E-state index in [0.717, 1.165) is 5.56 Å². The Bertz CT molecular complexity index is 576. The Balaban J connectivity index is 2.25. The van der Waals surface area contributed by atoms with Gasteiger partial charge in [-0.3, -0.25) is 4.98 Å². The Hall–Kier alpha value is -2.42. The number of hydrogen-bond donors (Lipinski definition) is 0. The molecular weight excluding hydrogens is 238 g/mol. The maximum atomic E-state index is 11.8. The first-order chi connectivity index (χ1) is 9.31. The van der Waals surface area contributed by atoms with Crippen molar-refractivity contribution in [3.8, 4) is 0 Å². The number of pyridine rings is 1. The summed E-state index contributed by atoms with van der Waals surface area (Å²) < 4.78 is 5.01. The van der Waals surface area contributed by atoms with Gasteiger partial charge in [-0.1, -0.05) is 36.4 Å². The fourth-order valence-electron chi connectivity index (χ4n) is 1.67. The molecule has 0 saturated heterocycles. The standard InChI is InChI=1S/C16H15NO2/c1-2-19-16(18)14-9-6-12-17-15(14)11-10-13-7-4-3-5-8-13/h3-12H,2H2,1H3/b11-10+. The van der Waals surface area contributed by atoms with Gasteiger partial charge in [0.05, 0.1) is 17.9 Å². The van der Waals surface area contributed by atoms with Crippen LogP contribution < -0.4 is 0 Å². The first-order valence-electron chi connectivity index (χ1n) is 6.16. The molecule has 0 aliphatic rings. The maximum Gasteiger partial charge on any atom is 0.340 e. The van der Waals surface area contributed by atoms with Gasteiger partial charge in [-0.05, 0) is 30.7 Å². The van der Waals surface area contributed by atoms with Crippen LogP contribution in [0.3, 0.4) is 0 Å². The fraction of sp³-hybridized carbons (Fsp3) is 0.125. The number of aromatic nitrogens is 1. The van der Waals surface area contributed by atoms with E-state index in [2.05, 4.69) is 4.98 Å². The number of nitrogens with zero attached hydrogens (tertiary/aromatic N) is 1. The normalized spacial score (nSPS) is 10.6. The van der Waals surface area contributed by atoms with Crippen LogP contribution in [0.25, 0.3) is 12.2 Å². The number of carbonyl (C=O) groups excluding carboxylic acids is 1. The van der Waals surface area contributed by atoms with E-state index in [1.807, 2.05) is 42.5 Å². The molecule has 0 N–H and O–H groups in total. The van der Waals surface area contributed by atoms with Gasteiger partial charge in [-0.25, -0.2) is 4.79 Å². The van der Waals surface area contributed by atoms with Crippen LogP contribution in [0.5, 0.6) is 0 Å². The molecule has 0 unspecified atom stereocenters. The van der Waals surface area contributed by atoms with Crippen LogP contribution in [0.1, 0.15) is 28.5 Å². The van der Waals surface area contributed by atoms with Crippen molar-refractivity contribution in [2.75, 3.05) is 6.61 Å². The topological polar surface area (TPSA) is 39.2 Å². The minimum atomic E-state index is -0.344. The average molecular weight is 253 g/mol. The molecule has 1 aromatic heterocycles. The molecule has 0 radical (unpaired) electrons. The third-order valence-corrected chi connectivity index (χ3v) is 2.57. The van der Waals surface area contributed by atoms with Crippen LogP contribution in [0.2, 0.25) is 0 Å². The van der Waals surface area contributed by atoms with E-state index in [0.29, 0.717) is 17.9 Å². The third kappa shape index (κ3) is 3.52. The van der Waals surface area contributed by atoms with Crippen molar-refractivity contribution >= 4 is 18.1 Å². The van der Waals surface area contributed by atoms with Crippen molar-refractivity contribution in [1.29, 1.82) is 0 Å². The van der Waals surface area contributed by atoms with E-state index in [1.54, 1.807) is 25.3 Å². The highest BCUT2D eigenvalue weighted by molar-refractivity contribution is 5.93. The van der Waals surface area contributed by atoms with Crippen LogP contribution in [0.4, 0.5) is 0 Å². The lowest BCUT2D eigenvalue weighted by molar-refractivity contribution is 0.0525. The largest absolute Gasteiger partial charge is 0.462 e. The molecule has 2 rings (SSSR count). The monoisotopic (exact) mass is 253 g/mol. The molecule has 3 nitrogen and oxygen atoms in total. The highest BCUT2D eigenvalue weighted by Gasteiger charge is 2.10. The van der Waals surface area contributed by atoms with Gasteiger partial charge in [0, 0.05) is 6.20 Å². The maximum absolute atomic E-state index is 11.8. The first-order valence-corrected chi connectivity index (χ1v) is 6.16. The molecule has 0 aliphatic carbocycles. The second-order valence-corrected chi connectivity index (χ2v) is 3.90. The summed E-state index contributed by atoms with van der Waals surface area (Å²) in [6.07, 6.45) is 5.40. The van der Waals surface area contributed by atoms with Gasteiger partial charge >= 0.3 is 5.97 Å². The molecule has 1 aromatic carbocycles. The Morgan fingerprint density at radius 2 is 1.95 bits per heavy atom. The second kappa shape index (κ2) is 6.50. The van der Waals surface area contributed by atoms with Gasteiger partial charge in [0.15, 0.2) is 0 Å². The summed E-state index contributed by atoms with van der Waals surface area (Å²) in [5, 5.41) is 0. The van der Waals surface area contributed by atoms with E-state index >= 15 is 0 Å². The van der Waals surface area contributed by atoms with Gasteiger partial charge in [-0.15, -0.1) is 0 Å². The van der Waals surface area contributed by atoms with Crippen LogP contribution in [0, 0.1) is 0 Å². The van der Waals surface area contributed by atoms with Crippen LogP contribution in [-0.4, -0.2) is 17.6 Å². The zero-order valence-electron chi connectivity index (χ0n) is 10.7. The number of ether oxygens (including phenoxy) is 1. The summed E-state index contributed by atoms with van der Waals surface area (Å²) in [5.41, 5.74) is 2.16. The van der Waals surface area contributed by atoms with Crippen LogP contribution >= 0.6 is 0 Å². The van der Waals surface area contributed by atoms with E-state index in [1.165, 1.54) is 0 Å². The summed E-state index contributed by atoms with van der Waals surface area (Å²) in [5.74, 6) is -0.344. The summed E-state index contributed by atoms with van der Waals surface area (Å²) in [6.45, 7) is 2.14. The molecule has 0 fully saturated rings. The Labute approximate surface area is 112 Å². The van der Waals surface area contributed by atoms with Gasteiger partial charge in [0.25, 0.3) is 0 Å². The number of esters is 1. The van der Waals surface area contributed by atoms with Crippen molar-refractivity contribution < 1.29 is 9.53 Å². The van der Waals surface area contributed by atoms with Crippen molar-refractivity contribution in [1.82, 2.24) is 4.98 Å². The first kappa shape index (κ1) is 13.0. The van der Waals surface area contributed by atoms with Gasteiger partial charge in [-0.2, -0.15) is 0 Å². The molecule has 0 atom stereocenters. The van der Waals surface area contributed by atoms with Crippen molar-refractivity contribution in [3.63, 3.8) is 0 Å². The number of benzene rings is 1. The Kier molecular flexibility index (Phi) is 4.45. The lowest BCUT2D eigenvalue weighted by Crippen LogP contribution is -2.07. The molecule has 19 heavy (non-hydrogen) atoms. The molecular formula is C16H15NO2. The van der Waals surface area contributed by atoms with E-state index < -0.39 is 0 Å². The Morgan fingerprint density at radius 3 is 2.68 bits per heavy atom. The van der Waals surface area contributed by atoms with E-state index in [4.69, 9.17) is 4.74 Å². The number of rotatable bonds is 4. The van der Waals surface area contributed by atoms with Gasteiger partial charge in [0.2, 0.25) is 0 Å². The summed E-state index contributed by atoms with van der Waals surface area (Å²) in [6, 6.07) is 13.3. The molecule has 96 valence electrons. The minimum Gasteiger partial charge on any atom is -0.462 e. The second-order valence-electron chi connectivity index (χ2n) is 3.90. The van der Waals surface area contributed by atoms with Gasteiger partial charge < -0.3 is 4.74 Å². The molecule has 3 heteroatoms. The van der Waals surface area contributed by atoms with Crippen molar-refractivity contribution in [3.05, 3.63) is 65.5 Å². The van der Waals surface area contributed by atoms with E-state index in [-0.39, 0.29) is 5.97 Å². The number of carbonyl (C=O) groups is 1. The smallest absolute Gasteiger partial charge is 0.340 e. The van der Waals surface area contributed by atoms with Gasteiger partial charge in [0.1, 0.15) is 0 Å². The molecule has 1 heterocycles.